The highest BCUT2D eigenvalue weighted by Gasteiger charge is 2.07. The minimum absolute atomic E-state index is 0.128. The van der Waals surface area contributed by atoms with Gasteiger partial charge < -0.3 is 5.32 Å². The number of rotatable bonds is 5. The first-order valence-electron chi connectivity index (χ1n) is 4.47. The number of alkyl halides is 1. The van der Waals surface area contributed by atoms with Crippen molar-refractivity contribution in [2.45, 2.75) is 38.4 Å². The molecule has 1 amide bonds. The van der Waals surface area contributed by atoms with Gasteiger partial charge in [-0.2, -0.15) is 0 Å². The van der Waals surface area contributed by atoms with Crippen LogP contribution in [0.3, 0.4) is 0 Å². The average Bonchev–Trinajstić information content (AvgIpc) is 1.99. The molecular formula is C9H18BrNO. The highest BCUT2D eigenvalue weighted by molar-refractivity contribution is 9.09. The molecule has 3 heteroatoms. The van der Waals surface area contributed by atoms with E-state index in [2.05, 4.69) is 35.1 Å². The molecule has 2 nitrogen and oxygen atoms in total. The standard InChI is InChI=1S/C9H18BrNO/c1-4-9(12)11-6-8(10)5-7(2)3/h7-8H,4-6H2,1-3H3,(H,11,12). The lowest BCUT2D eigenvalue weighted by molar-refractivity contribution is -0.120. The molecule has 0 rings (SSSR count). The van der Waals surface area contributed by atoms with Crippen molar-refractivity contribution >= 4 is 21.8 Å². The average molecular weight is 236 g/mol. The van der Waals surface area contributed by atoms with E-state index in [9.17, 15) is 4.79 Å². The van der Waals surface area contributed by atoms with Crippen LogP contribution in [0.15, 0.2) is 0 Å². The zero-order valence-corrected chi connectivity index (χ0v) is 9.65. The number of carbonyl (C=O) groups excluding carboxylic acids is 1. The first kappa shape index (κ1) is 11.9. The number of amides is 1. The Morgan fingerprint density at radius 3 is 2.50 bits per heavy atom. The maximum Gasteiger partial charge on any atom is 0.219 e. The van der Waals surface area contributed by atoms with Crippen LogP contribution in [0.1, 0.15) is 33.6 Å². The van der Waals surface area contributed by atoms with Gasteiger partial charge in [-0.05, 0) is 12.3 Å². The van der Waals surface area contributed by atoms with E-state index >= 15 is 0 Å². The molecule has 0 aromatic carbocycles. The molecule has 12 heavy (non-hydrogen) atoms. The molecule has 0 heterocycles. The summed E-state index contributed by atoms with van der Waals surface area (Å²) in [6, 6.07) is 0. The van der Waals surface area contributed by atoms with Crippen LogP contribution in [0.25, 0.3) is 0 Å². The van der Waals surface area contributed by atoms with Crippen molar-refractivity contribution in [2.24, 2.45) is 5.92 Å². The summed E-state index contributed by atoms with van der Waals surface area (Å²) in [5.41, 5.74) is 0. The maximum atomic E-state index is 10.9. The second kappa shape index (κ2) is 6.46. The zero-order chi connectivity index (χ0) is 9.56. The molecule has 0 saturated heterocycles. The Hall–Kier alpha value is -0.0500. The summed E-state index contributed by atoms with van der Waals surface area (Å²) in [5.74, 6) is 0.802. The van der Waals surface area contributed by atoms with E-state index in [1.165, 1.54) is 0 Å². The van der Waals surface area contributed by atoms with E-state index in [-0.39, 0.29) is 5.91 Å². The number of hydrogen-bond acceptors (Lipinski definition) is 1. The molecule has 0 bridgehead atoms. The fourth-order valence-corrected chi connectivity index (χ4v) is 1.85. The molecule has 1 unspecified atom stereocenters. The van der Waals surface area contributed by atoms with Crippen LogP contribution in [0.5, 0.6) is 0 Å². The summed E-state index contributed by atoms with van der Waals surface area (Å²) in [6.07, 6.45) is 1.67. The Morgan fingerprint density at radius 1 is 1.50 bits per heavy atom. The molecule has 0 saturated carbocycles. The lowest BCUT2D eigenvalue weighted by Gasteiger charge is -2.12. The Bertz CT molecular complexity index is 136. The van der Waals surface area contributed by atoms with E-state index in [0.717, 1.165) is 13.0 Å². The number of nitrogens with one attached hydrogen (secondary N) is 1. The monoisotopic (exact) mass is 235 g/mol. The van der Waals surface area contributed by atoms with E-state index in [1.807, 2.05) is 6.92 Å². The second-order valence-electron chi connectivity index (χ2n) is 3.38. The normalized spacial score (nSPS) is 13.1. The number of hydrogen-bond donors (Lipinski definition) is 1. The Balaban J connectivity index is 3.43. The number of carbonyl (C=O) groups is 1. The lowest BCUT2D eigenvalue weighted by atomic mass is 10.1. The molecule has 0 aromatic heterocycles. The molecule has 0 spiro atoms. The van der Waals surface area contributed by atoms with E-state index < -0.39 is 0 Å². The van der Waals surface area contributed by atoms with Crippen LogP contribution in [-0.4, -0.2) is 17.3 Å². The van der Waals surface area contributed by atoms with Crippen molar-refractivity contribution in [3.8, 4) is 0 Å². The van der Waals surface area contributed by atoms with Gasteiger partial charge in [-0.3, -0.25) is 4.79 Å². The quantitative estimate of drug-likeness (QED) is 0.729. The summed E-state index contributed by atoms with van der Waals surface area (Å²) in [7, 11) is 0. The van der Waals surface area contributed by atoms with Crippen molar-refractivity contribution in [3.63, 3.8) is 0 Å². The van der Waals surface area contributed by atoms with Gasteiger partial charge in [0.25, 0.3) is 0 Å². The smallest absolute Gasteiger partial charge is 0.219 e. The summed E-state index contributed by atoms with van der Waals surface area (Å²) < 4.78 is 0. The highest BCUT2D eigenvalue weighted by atomic mass is 79.9. The minimum Gasteiger partial charge on any atom is -0.355 e. The summed E-state index contributed by atoms with van der Waals surface area (Å²) >= 11 is 3.52. The van der Waals surface area contributed by atoms with Gasteiger partial charge in [0.1, 0.15) is 0 Å². The fraction of sp³-hybridized carbons (Fsp3) is 0.889. The molecular weight excluding hydrogens is 218 g/mol. The lowest BCUT2D eigenvalue weighted by Crippen LogP contribution is -2.29. The van der Waals surface area contributed by atoms with Gasteiger partial charge in [0.15, 0.2) is 0 Å². The van der Waals surface area contributed by atoms with Gasteiger partial charge in [-0.1, -0.05) is 36.7 Å². The molecule has 1 N–H and O–H groups in total. The predicted octanol–water partition coefficient (Wildman–Crippen LogP) is 2.32. The van der Waals surface area contributed by atoms with E-state index in [4.69, 9.17) is 0 Å². The fourth-order valence-electron chi connectivity index (χ4n) is 0.944. The van der Waals surface area contributed by atoms with Gasteiger partial charge in [0, 0.05) is 17.8 Å². The second-order valence-corrected chi connectivity index (χ2v) is 4.68. The van der Waals surface area contributed by atoms with Crippen LogP contribution in [0.4, 0.5) is 0 Å². The molecule has 0 radical (unpaired) electrons. The Morgan fingerprint density at radius 2 is 2.08 bits per heavy atom. The number of halogens is 1. The predicted molar refractivity (Wildman–Crippen MR) is 55.5 cm³/mol. The third-order valence-corrected chi connectivity index (χ3v) is 2.27. The molecule has 72 valence electrons. The topological polar surface area (TPSA) is 29.1 Å². The van der Waals surface area contributed by atoms with Crippen molar-refractivity contribution in [1.82, 2.24) is 5.32 Å². The maximum absolute atomic E-state index is 10.9. The van der Waals surface area contributed by atoms with Gasteiger partial charge in [0.2, 0.25) is 5.91 Å². The van der Waals surface area contributed by atoms with E-state index in [1.54, 1.807) is 0 Å². The van der Waals surface area contributed by atoms with Crippen LogP contribution >= 0.6 is 15.9 Å². The van der Waals surface area contributed by atoms with Gasteiger partial charge in [0.05, 0.1) is 0 Å². The molecule has 0 aromatic rings. The molecule has 0 fully saturated rings. The summed E-state index contributed by atoms with van der Waals surface area (Å²) in [5, 5.41) is 2.85. The van der Waals surface area contributed by atoms with E-state index in [0.29, 0.717) is 17.2 Å². The molecule has 0 aliphatic carbocycles. The Kier molecular flexibility index (Phi) is 6.44. The van der Waals surface area contributed by atoms with Crippen LogP contribution in [-0.2, 0) is 4.79 Å². The molecule has 1 atom stereocenters. The van der Waals surface area contributed by atoms with Gasteiger partial charge >= 0.3 is 0 Å². The third-order valence-electron chi connectivity index (χ3n) is 1.57. The van der Waals surface area contributed by atoms with Gasteiger partial charge in [-0.25, -0.2) is 0 Å². The van der Waals surface area contributed by atoms with Crippen molar-refractivity contribution in [2.75, 3.05) is 6.54 Å². The summed E-state index contributed by atoms with van der Waals surface area (Å²) in [6.45, 7) is 6.96. The SMILES string of the molecule is CCC(=O)NCC(Br)CC(C)C. The van der Waals surface area contributed by atoms with Crippen LogP contribution < -0.4 is 5.32 Å². The van der Waals surface area contributed by atoms with Crippen LogP contribution in [0.2, 0.25) is 0 Å². The minimum atomic E-state index is 0.128. The van der Waals surface area contributed by atoms with Gasteiger partial charge in [-0.15, -0.1) is 0 Å². The third kappa shape index (κ3) is 6.65. The Labute approximate surface area is 83.2 Å². The molecule has 0 aliphatic rings. The first-order valence-corrected chi connectivity index (χ1v) is 5.38. The highest BCUT2D eigenvalue weighted by Crippen LogP contribution is 2.11. The van der Waals surface area contributed by atoms with Crippen molar-refractivity contribution in [3.05, 3.63) is 0 Å². The summed E-state index contributed by atoms with van der Waals surface area (Å²) in [4.78, 5) is 11.3. The van der Waals surface area contributed by atoms with Crippen LogP contribution in [0, 0.1) is 5.92 Å². The van der Waals surface area contributed by atoms with Crippen molar-refractivity contribution in [1.29, 1.82) is 0 Å². The largest absolute Gasteiger partial charge is 0.355 e. The van der Waals surface area contributed by atoms with Crippen molar-refractivity contribution < 1.29 is 4.79 Å². The first-order chi connectivity index (χ1) is 5.56. The zero-order valence-electron chi connectivity index (χ0n) is 8.06. The molecule has 0 aliphatic heterocycles.